The fourth-order valence-corrected chi connectivity index (χ4v) is 1.60. The smallest absolute Gasteiger partial charge is 0.323 e. The lowest BCUT2D eigenvalue weighted by Gasteiger charge is -2.18. The fourth-order valence-electron chi connectivity index (χ4n) is 1.60. The first-order valence-electron chi connectivity index (χ1n) is 5.56. The van der Waals surface area contributed by atoms with Crippen LogP contribution in [0.4, 0.5) is 5.69 Å². The summed E-state index contributed by atoms with van der Waals surface area (Å²) in [5.41, 5.74) is 0.332. The second-order valence-corrected chi connectivity index (χ2v) is 4.02. The van der Waals surface area contributed by atoms with Crippen LogP contribution in [-0.4, -0.2) is 39.9 Å². The molecule has 0 aliphatic carbocycles. The van der Waals surface area contributed by atoms with Gasteiger partial charge in [0.2, 0.25) is 0 Å². The summed E-state index contributed by atoms with van der Waals surface area (Å²) in [7, 11) is 0. The number of non-ortho nitro benzene ring substituents is 1. The summed E-state index contributed by atoms with van der Waals surface area (Å²) in [6.45, 7) is 0.851. The Hall–Kier alpha value is -2.88. The van der Waals surface area contributed by atoms with Crippen molar-refractivity contribution in [2.75, 3.05) is 13.1 Å². The number of carbonyl (C=O) groups excluding carboxylic acids is 1. The highest BCUT2D eigenvalue weighted by Gasteiger charge is 2.21. The molecule has 0 unspecified atom stereocenters. The van der Waals surface area contributed by atoms with Gasteiger partial charge in [-0.05, 0) is 12.5 Å². The van der Waals surface area contributed by atoms with Crippen molar-refractivity contribution in [1.82, 2.24) is 4.90 Å². The summed E-state index contributed by atoms with van der Waals surface area (Å²) < 4.78 is 0. The molecule has 0 spiro atoms. The van der Waals surface area contributed by atoms with Gasteiger partial charge in [-0.2, -0.15) is 0 Å². The number of nitro groups is 1. The minimum Gasteiger partial charge on any atom is -0.480 e. The quantitative estimate of drug-likeness (QED) is 0.492. The van der Waals surface area contributed by atoms with Crippen LogP contribution < -0.4 is 0 Å². The number of terminal acetylenes is 1. The van der Waals surface area contributed by atoms with Gasteiger partial charge in [0.15, 0.2) is 0 Å². The number of rotatable bonds is 5. The molecule has 1 rings (SSSR count). The number of carboxylic acids is 1. The van der Waals surface area contributed by atoms with Gasteiger partial charge in [-0.15, -0.1) is 6.42 Å². The van der Waals surface area contributed by atoms with Crippen molar-refractivity contribution < 1.29 is 19.6 Å². The molecule has 0 aliphatic rings. The normalized spacial score (nSPS) is 9.60. The highest BCUT2D eigenvalue weighted by molar-refractivity contribution is 5.97. The van der Waals surface area contributed by atoms with Crippen LogP contribution in [0.5, 0.6) is 0 Å². The van der Waals surface area contributed by atoms with Crippen molar-refractivity contribution in [3.05, 3.63) is 39.4 Å². The minimum absolute atomic E-state index is 0.0655. The molecule has 0 fully saturated rings. The lowest BCUT2D eigenvalue weighted by Crippen LogP contribution is -2.36. The van der Waals surface area contributed by atoms with Gasteiger partial charge in [-0.1, -0.05) is 12.0 Å². The number of hydrogen-bond acceptors (Lipinski definition) is 4. The third-order valence-corrected chi connectivity index (χ3v) is 2.56. The molecule has 1 aromatic carbocycles. The number of aryl methyl sites for hydroxylation is 1. The molecule has 1 amide bonds. The largest absolute Gasteiger partial charge is 0.480 e. The van der Waals surface area contributed by atoms with Gasteiger partial charge in [-0.3, -0.25) is 19.7 Å². The average Bonchev–Trinajstić information content (AvgIpc) is 2.37. The van der Waals surface area contributed by atoms with Gasteiger partial charge in [0, 0.05) is 17.7 Å². The summed E-state index contributed by atoms with van der Waals surface area (Å²) in [5.74, 6) is 0.330. The molecule has 0 bridgehead atoms. The lowest BCUT2D eigenvalue weighted by molar-refractivity contribution is -0.384. The predicted molar refractivity (Wildman–Crippen MR) is 70.2 cm³/mol. The molecule has 0 saturated carbocycles. The van der Waals surface area contributed by atoms with E-state index in [2.05, 4.69) is 5.92 Å². The number of amides is 1. The second-order valence-electron chi connectivity index (χ2n) is 4.02. The van der Waals surface area contributed by atoms with E-state index in [0.717, 1.165) is 11.0 Å². The van der Waals surface area contributed by atoms with Gasteiger partial charge in [0.25, 0.3) is 11.6 Å². The number of carbonyl (C=O) groups is 2. The van der Waals surface area contributed by atoms with E-state index in [1.54, 1.807) is 6.92 Å². The number of nitrogens with zero attached hydrogens (tertiary/aromatic N) is 2. The molecule has 0 radical (unpaired) electrons. The van der Waals surface area contributed by atoms with Gasteiger partial charge < -0.3 is 10.0 Å². The summed E-state index contributed by atoms with van der Waals surface area (Å²) in [6.07, 6.45) is 5.09. The first kappa shape index (κ1) is 15.2. The van der Waals surface area contributed by atoms with Crippen molar-refractivity contribution in [1.29, 1.82) is 0 Å². The molecule has 20 heavy (non-hydrogen) atoms. The van der Waals surface area contributed by atoms with E-state index in [0.29, 0.717) is 5.56 Å². The Kier molecular flexibility index (Phi) is 4.81. The molecule has 104 valence electrons. The van der Waals surface area contributed by atoms with Gasteiger partial charge in [0.1, 0.15) is 6.54 Å². The highest BCUT2D eigenvalue weighted by atomic mass is 16.6. The number of carboxylic acid groups (broad SMARTS) is 1. The molecule has 1 aromatic rings. The van der Waals surface area contributed by atoms with Gasteiger partial charge >= 0.3 is 5.97 Å². The van der Waals surface area contributed by atoms with Crippen LogP contribution in [0, 0.1) is 29.4 Å². The number of benzene rings is 1. The van der Waals surface area contributed by atoms with Crippen molar-refractivity contribution in [3.63, 3.8) is 0 Å². The van der Waals surface area contributed by atoms with E-state index in [4.69, 9.17) is 11.5 Å². The summed E-state index contributed by atoms with van der Waals surface area (Å²) in [4.78, 5) is 33.9. The Morgan fingerprint density at radius 1 is 1.50 bits per heavy atom. The molecule has 0 aromatic heterocycles. The Labute approximate surface area is 115 Å². The fraction of sp³-hybridized carbons (Fsp3) is 0.231. The van der Waals surface area contributed by atoms with Crippen LogP contribution in [0.15, 0.2) is 18.2 Å². The van der Waals surface area contributed by atoms with Crippen LogP contribution in [0.2, 0.25) is 0 Å². The molecule has 7 nitrogen and oxygen atoms in total. The molecule has 0 heterocycles. The van der Waals surface area contributed by atoms with Crippen LogP contribution in [0.3, 0.4) is 0 Å². The molecule has 7 heteroatoms. The Bertz CT molecular complexity index is 603. The van der Waals surface area contributed by atoms with E-state index >= 15 is 0 Å². The second kappa shape index (κ2) is 6.33. The zero-order valence-electron chi connectivity index (χ0n) is 10.7. The first-order valence-corrected chi connectivity index (χ1v) is 5.56. The van der Waals surface area contributed by atoms with Gasteiger partial charge in [0.05, 0.1) is 11.5 Å². The van der Waals surface area contributed by atoms with E-state index in [9.17, 15) is 19.7 Å². The zero-order chi connectivity index (χ0) is 15.3. The predicted octanol–water partition coefficient (Wildman–Crippen LogP) is 1.06. The maximum absolute atomic E-state index is 12.2. The summed E-state index contributed by atoms with van der Waals surface area (Å²) in [5, 5.41) is 19.5. The zero-order valence-corrected chi connectivity index (χ0v) is 10.7. The average molecular weight is 276 g/mol. The van der Waals surface area contributed by atoms with E-state index < -0.39 is 23.3 Å². The molecule has 0 saturated heterocycles. The number of nitro benzene ring substituents is 1. The van der Waals surface area contributed by atoms with Crippen LogP contribution in [0.25, 0.3) is 0 Å². The van der Waals surface area contributed by atoms with Crippen LogP contribution >= 0.6 is 0 Å². The van der Waals surface area contributed by atoms with Crippen LogP contribution in [-0.2, 0) is 4.79 Å². The van der Waals surface area contributed by atoms with Crippen LogP contribution in [0.1, 0.15) is 15.9 Å². The Morgan fingerprint density at radius 3 is 2.65 bits per heavy atom. The summed E-state index contributed by atoms with van der Waals surface area (Å²) in [6, 6.07) is 3.82. The monoisotopic (exact) mass is 276 g/mol. The first-order chi connectivity index (χ1) is 9.36. The van der Waals surface area contributed by atoms with Crippen molar-refractivity contribution in [3.8, 4) is 12.3 Å². The third-order valence-electron chi connectivity index (χ3n) is 2.56. The number of hydrogen-bond donors (Lipinski definition) is 1. The molecule has 0 atom stereocenters. The molecular weight excluding hydrogens is 264 g/mol. The third kappa shape index (κ3) is 3.55. The van der Waals surface area contributed by atoms with E-state index in [-0.39, 0.29) is 17.8 Å². The highest BCUT2D eigenvalue weighted by Crippen LogP contribution is 2.19. The lowest BCUT2D eigenvalue weighted by atomic mass is 10.1. The van der Waals surface area contributed by atoms with E-state index in [1.165, 1.54) is 12.1 Å². The van der Waals surface area contributed by atoms with Crippen molar-refractivity contribution in [2.24, 2.45) is 0 Å². The van der Waals surface area contributed by atoms with Gasteiger partial charge in [-0.25, -0.2) is 0 Å². The standard InChI is InChI=1S/C13H12N2O5/c1-3-6-14(8-12(16)17)13(18)11-7-10(15(19)20)5-4-9(11)2/h1,4-5,7H,6,8H2,2H3,(H,16,17). The SMILES string of the molecule is C#CCN(CC(=O)O)C(=O)c1cc([N+](=O)[O-])ccc1C. The molecule has 0 aliphatic heterocycles. The van der Waals surface area contributed by atoms with E-state index in [1.807, 2.05) is 0 Å². The Morgan fingerprint density at radius 2 is 2.15 bits per heavy atom. The Balaban J connectivity index is 3.17. The molecular formula is C13H12N2O5. The number of aliphatic carboxylic acids is 1. The maximum atomic E-state index is 12.2. The maximum Gasteiger partial charge on any atom is 0.323 e. The van der Waals surface area contributed by atoms with Crippen molar-refractivity contribution >= 4 is 17.6 Å². The van der Waals surface area contributed by atoms with Crippen molar-refractivity contribution in [2.45, 2.75) is 6.92 Å². The minimum atomic E-state index is -1.21. The summed E-state index contributed by atoms with van der Waals surface area (Å²) >= 11 is 0. The topological polar surface area (TPSA) is 101 Å². The molecule has 1 N–H and O–H groups in total.